The summed E-state index contributed by atoms with van der Waals surface area (Å²) in [6.45, 7) is 3.98. The largest absolute Gasteiger partial charge is 0.343 e. The van der Waals surface area contributed by atoms with Crippen LogP contribution in [0.1, 0.15) is 18.2 Å². The van der Waals surface area contributed by atoms with Crippen LogP contribution in [0, 0.1) is 6.92 Å². The molecule has 3 heteroatoms. The summed E-state index contributed by atoms with van der Waals surface area (Å²) in [5.41, 5.74) is 4.09. The Labute approximate surface area is 76.5 Å². The first-order chi connectivity index (χ1) is 6.33. The molecule has 0 saturated heterocycles. The molecule has 3 nitrogen and oxygen atoms in total. The molecule has 0 spiro atoms. The Morgan fingerprint density at radius 2 is 2.23 bits per heavy atom. The second-order valence-electron chi connectivity index (χ2n) is 2.92. The fourth-order valence-corrected chi connectivity index (χ4v) is 1.39. The highest BCUT2D eigenvalue weighted by atomic mass is 14.9. The average molecular weight is 173 g/mol. The topological polar surface area (TPSA) is 41.6 Å². The lowest BCUT2D eigenvalue weighted by Gasteiger charge is -1.99. The lowest BCUT2D eigenvalue weighted by Crippen LogP contribution is -1.87. The minimum atomic E-state index is 0.985. The van der Waals surface area contributed by atoms with E-state index in [-0.39, 0.29) is 0 Å². The zero-order valence-corrected chi connectivity index (χ0v) is 7.70. The second kappa shape index (κ2) is 3.01. The molecular formula is C10H11N3. The van der Waals surface area contributed by atoms with E-state index in [1.54, 1.807) is 6.33 Å². The predicted octanol–water partition coefficient (Wildman–Crippen LogP) is 2.30. The van der Waals surface area contributed by atoms with Crippen LogP contribution in [0.3, 0.4) is 0 Å². The van der Waals surface area contributed by atoms with E-state index in [1.807, 2.05) is 32.2 Å². The van der Waals surface area contributed by atoms with Crippen LogP contribution in [0.4, 0.5) is 0 Å². The van der Waals surface area contributed by atoms with Crippen molar-refractivity contribution in [3.05, 3.63) is 29.9 Å². The number of H-pyrrole nitrogens is 1. The Kier molecular flexibility index (Phi) is 1.85. The monoisotopic (exact) mass is 173 g/mol. The van der Waals surface area contributed by atoms with Gasteiger partial charge >= 0.3 is 0 Å². The number of hydrogen-bond acceptors (Lipinski definition) is 2. The van der Waals surface area contributed by atoms with E-state index in [9.17, 15) is 0 Å². The van der Waals surface area contributed by atoms with Gasteiger partial charge in [0.15, 0.2) is 0 Å². The Bertz CT molecular complexity index is 454. The van der Waals surface area contributed by atoms with Crippen molar-refractivity contribution in [1.82, 2.24) is 15.0 Å². The predicted molar refractivity (Wildman–Crippen MR) is 53.3 cm³/mol. The number of nitrogens with zero attached hydrogens (tertiary/aromatic N) is 2. The van der Waals surface area contributed by atoms with Crippen LogP contribution < -0.4 is 0 Å². The smallest absolute Gasteiger partial charge is 0.0988 e. The van der Waals surface area contributed by atoms with Crippen molar-refractivity contribution in [3.63, 3.8) is 0 Å². The molecule has 0 aromatic carbocycles. The number of aromatic amines is 1. The van der Waals surface area contributed by atoms with Gasteiger partial charge in [0.05, 0.1) is 23.6 Å². The molecule has 2 heterocycles. The summed E-state index contributed by atoms with van der Waals surface area (Å²) in [5, 5.41) is 0. The zero-order valence-electron chi connectivity index (χ0n) is 7.70. The molecule has 0 amide bonds. The minimum Gasteiger partial charge on any atom is -0.343 e. The van der Waals surface area contributed by atoms with Gasteiger partial charge in [0, 0.05) is 11.3 Å². The summed E-state index contributed by atoms with van der Waals surface area (Å²) in [6.07, 6.45) is 7.53. The molecule has 0 aliphatic carbocycles. The van der Waals surface area contributed by atoms with Crippen molar-refractivity contribution in [1.29, 1.82) is 0 Å². The van der Waals surface area contributed by atoms with Crippen LogP contribution in [0.5, 0.6) is 0 Å². The molecule has 2 aromatic heterocycles. The second-order valence-corrected chi connectivity index (χ2v) is 2.92. The quantitative estimate of drug-likeness (QED) is 0.718. The van der Waals surface area contributed by atoms with E-state index in [0.29, 0.717) is 0 Å². The molecule has 0 fully saturated rings. The summed E-state index contributed by atoms with van der Waals surface area (Å²) < 4.78 is 0. The summed E-state index contributed by atoms with van der Waals surface area (Å²) in [5.74, 6) is 0. The molecule has 0 unspecified atom stereocenters. The van der Waals surface area contributed by atoms with Crippen LogP contribution in [0.15, 0.2) is 18.6 Å². The van der Waals surface area contributed by atoms with Gasteiger partial charge in [-0.25, -0.2) is 4.98 Å². The third-order valence-electron chi connectivity index (χ3n) is 2.03. The number of aryl methyl sites for hydroxylation is 1. The van der Waals surface area contributed by atoms with Crippen LogP contribution in [-0.2, 0) is 0 Å². The molecule has 2 aromatic rings. The molecule has 0 radical (unpaired) electrons. The Morgan fingerprint density at radius 3 is 3.00 bits per heavy atom. The SMILES string of the molecule is CC=Cc1c(C)ncc2[nH]cnc12. The van der Waals surface area contributed by atoms with Crippen molar-refractivity contribution in [2.45, 2.75) is 13.8 Å². The van der Waals surface area contributed by atoms with Gasteiger partial charge in [0.1, 0.15) is 0 Å². The van der Waals surface area contributed by atoms with Crippen LogP contribution in [-0.4, -0.2) is 15.0 Å². The standard InChI is InChI=1S/C10H11N3/c1-3-4-8-7(2)11-5-9-10(8)13-6-12-9/h3-6H,1-2H3,(H,12,13). The first-order valence-electron chi connectivity index (χ1n) is 4.24. The lowest BCUT2D eigenvalue weighted by atomic mass is 10.1. The van der Waals surface area contributed by atoms with E-state index in [0.717, 1.165) is 22.3 Å². The van der Waals surface area contributed by atoms with Crippen LogP contribution in [0.25, 0.3) is 17.1 Å². The van der Waals surface area contributed by atoms with E-state index in [1.165, 1.54) is 0 Å². The molecule has 0 atom stereocenters. The van der Waals surface area contributed by atoms with Crippen LogP contribution in [0.2, 0.25) is 0 Å². The van der Waals surface area contributed by atoms with Crippen molar-refractivity contribution < 1.29 is 0 Å². The lowest BCUT2D eigenvalue weighted by molar-refractivity contribution is 1.20. The molecule has 66 valence electrons. The van der Waals surface area contributed by atoms with E-state index >= 15 is 0 Å². The fourth-order valence-electron chi connectivity index (χ4n) is 1.39. The number of allylic oxidation sites excluding steroid dienone is 1. The molecule has 0 bridgehead atoms. The minimum absolute atomic E-state index is 0.985. The van der Waals surface area contributed by atoms with Crippen molar-refractivity contribution in [3.8, 4) is 0 Å². The maximum atomic E-state index is 4.28. The molecular weight excluding hydrogens is 162 g/mol. The van der Waals surface area contributed by atoms with Crippen molar-refractivity contribution in [2.75, 3.05) is 0 Å². The maximum Gasteiger partial charge on any atom is 0.0988 e. The van der Waals surface area contributed by atoms with E-state index in [2.05, 4.69) is 15.0 Å². The van der Waals surface area contributed by atoms with Gasteiger partial charge in [0.25, 0.3) is 0 Å². The molecule has 1 N–H and O–H groups in total. The van der Waals surface area contributed by atoms with Gasteiger partial charge in [-0.05, 0) is 13.8 Å². The summed E-state index contributed by atoms with van der Waals surface area (Å²) in [7, 11) is 0. The fraction of sp³-hybridized carbons (Fsp3) is 0.200. The summed E-state index contributed by atoms with van der Waals surface area (Å²) >= 11 is 0. The number of rotatable bonds is 1. The summed E-state index contributed by atoms with van der Waals surface area (Å²) in [6, 6.07) is 0. The summed E-state index contributed by atoms with van der Waals surface area (Å²) in [4.78, 5) is 11.6. The number of nitrogens with one attached hydrogen (secondary N) is 1. The van der Waals surface area contributed by atoms with Crippen LogP contribution >= 0.6 is 0 Å². The maximum absolute atomic E-state index is 4.28. The number of imidazole rings is 1. The van der Waals surface area contributed by atoms with E-state index < -0.39 is 0 Å². The highest BCUT2D eigenvalue weighted by Gasteiger charge is 2.04. The van der Waals surface area contributed by atoms with Gasteiger partial charge in [-0.2, -0.15) is 0 Å². The Morgan fingerprint density at radius 1 is 1.38 bits per heavy atom. The molecule has 13 heavy (non-hydrogen) atoms. The van der Waals surface area contributed by atoms with E-state index in [4.69, 9.17) is 0 Å². The van der Waals surface area contributed by atoms with Crippen molar-refractivity contribution >= 4 is 17.1 Å². The van der Waals surface area contributed by atoms with Gasteiger partial charge in [-0.15, -0.1) is 0 Å². The molecule has 0 aliphatic heterocycles. The first-order valence-corrected chi connectivity index (χ1v) is 4.24. The third-order valence-corrected chi connectivity index (χ3v) is 2.03. The molecule has 2 rings (SSSR count). The van der Waals surface area contributed by atoms with Gasteiger partial charge in [-0.3, -0.25) is 4.98 Å². The van der Waals surface area contributed by atoms with Crippen molar-refractivity contribution in [2.24, 2.45) is 0 Å². The number of fused-ring (bicyclic) bond motifs is 1. The zero-order chi connectivity index (χ0) is 9.26. The van der Waals surface area contributed by atoms with Gasteiger partial charge < -0.3 is 4.98 Å². The highest BCUT2D eigenvalue weighted by Crippen LogP contribution is 2.17. The first kappa shape index (κ1) is 7.98. The van der Waals surface area contributed by atoms with Gasteiger partial charge in [-0.1, -0.05) is 12.2 Å². The number of aromatic nitrogens is 3. The average Bonchev–Trinajstić information content (AvgIpc) is 2.58. The molecule has 0 aliphatic rings. The highest BCUT2D eigenvalue weighted by molar-refractivity contribution is 5.84. The number of hydrogen-bond donors (Lipinski definition) is 1. The third kappa shape index (κ3) is 1.22. The number of pyridine rings is 1. The Balaban J connectivity index is 2.80. The molecule has 0 saturated carbocycles. The Hall–Kier alpha value is -1.64. The van der Waals surface area contributed by atoms with Gasteiger partial charge in [0.2, 0.25) is 0 Å². The normalized spacial score (nSPS) is 11.5.